The number of carboxylic acid groups (broad SMARTS) is 2. The topological polar surface area (TPSA) is 145 Å². The van der Waals surface area contributed by atoms with Gasteiger partial charge in [-0.25, -0.2) is 4.79 Å². The Morgan fingerprint density at radius 3 is 2.42 bits per heavy atom. The first kappa shape index (κ1) is 26.4. The molecule has 3 aromatic rings. The maximum atomic E-state index is 12.6. The van der Waals surface area contributed by atoms with Crippen molar-refractivity contribution in [3.63, 3.8) is 0 Å². The van der Waals surface area contributed by atoms with Crippen molar-refractivity contribution < 1.29 is 29.3 Å². The SMILES string of the molecule is CC1=C(C(=O)O)CC(C(=O)O)(c2ccccc2COc2ccc(-c3nn(C)c(C(N)=O)c3C)cc2C)C=C1. The fourth-order valence-corrected chi connectivity index (χ4v) is 4.98. The van der Waals surface area contributed by atoms with E-state index in [2.05, 4.69) is 5.10 Å². The molecule has 1 aliphatic carbocycles. The molecule has 0 spiro atoms. The van der Waals surface area contributed by atoms with E-state index in [1.54, 1.807) is 63.4 Å². The number of hydrogen-bond acceptors (Lipinski definition) is 5. The molecule has 4 N–H and O–H groups in total. The second-order valence-electron chi connectivity index (χ2n) is 9.49. The van der Waals surface area contributed by atoms with Crippen LogP contribution in [0.25, 0.3) is 11.3 Å². The molecule has 0 saturated heterocycles. The fraction of sp³-hybridized carbons (Fsp3) is 0.241. The highest BCUT2D eigenvalue weighted by atomic mass is 16.5. The second kappa shape index (κ2) is 10.0. The zero-order chi connectivity index (χ0) is 27.8. The van der Waals surface area contributed by atoms with Crippen molar-refractivity contribution in [1.29, 1.82) is 0 Å². The summed E-state index contributed by atoms with van der Waals surface area (Å²) in [6, 6.07) is 12.5. The van der Waals surface area contributed by atoms with Crippen LogP contribution < -0.4 is 10.5 Å². The van der Waals surface area contributed by atoms with Crippen LogP contribution in [0, 0.1) is 13.8 Å². The van der Waals surface area contributed by atoms with E-state index in [9.17, 15) is 24.6 Å². The molecule has 2 aromatic carbocycles. The van der Waals surface area contributed by atoms with E-state index in [0.717, 1.165) is 11.1 Å². The highest BCUT2D eigenvalue weighted by Gasteiger charge is 2.43. The van der Waals surface area contributed by atoms with Crippen LogP contribution in [0.15, 0.2) is 65.8 Å². The number of benzene rings is 2. The number of aromatic nitrogens is 2. The van der Waals surface area contributed by atoms with Gasteiger partial charge in [0.25, 0.3) is 5.91 Å². The summed E-state index contributed by atoms with van der Waals surface area (Å²) in [4.78, 5) is 36.1. The number of primary amides is 1. The van der Waals surface area contributed by atoms with Crippen molar-refractivity contribution in [2.45, 2.75) is 39.2 Å². The van der Waals surface area contributed by atoms with Crippen LogP contribution >= 0.6 is 0 Å². The molecule has 9 nitrogen and oxygen atoms in total. The Morgan fingerprint density at radius 2 is 1.82 bits per heavy atom. The van der Waals surface area contributed by atoms with Crippen LogP contribution in [0.2, 0.25) is 0 Å². The number of carbonyl (C=O) groups is 3. The molecule has 0 saturated carbocycles. The van der Waals surface area contributed by atoms with E-state index in [1.807, 2.05) is 19.1 Å². The first-order chi connectivity index (χ1) is 18.0. The summed E-state index contributed by atoms with van der Waals surface area (Å²) in [5.74, 6) is -2.22. The molecule has 1 aliphatic rings. The Labute approximate surface area is 219 Å². The maximum Gasteiger partial charge on any atom is 0.331 e. The summed E-state index contributed by atoms with van der Waals surface area (Å²) in [6.45, 7) is 5.42. The summed E-state index contributed by atoms with van der Waals surface area (Å²) in [5, 5.41) is 24.3. The molecule has 196 valence electrons. The van der Waals surface area contributed by atoms with E-state index in [-0.39, 0.29) is 18.6 Å². The third-order valence-electron chi connectivity index (χ3n) is 7.04. The number of carboxylic acids is 2. The number of nitrogens with zero attached hydrogens (tertiary/aromatic N) is 2. The monoisotopic (exact) mass is 515 g/mol. The van der Waals surface area contributed by atoms with Crippen molar-refractivity contribution >= 4 is 17.8 Å². The summed E-state index contributed by atoms with van der Waals surface area (Å²) in [5.41, 5.74) is 8.98. The molecule has 0 aliphatic heterocycles. The minimum absolute atomic E-state index is 0.0707. The van der Waals surface area contributed by atoms with Crippen LogP contribution in [0.1, 0.15) is 46.1 Å². The predicted octanol–water partition coefficient (Wildman–Crippen LogP) is 4.07. The van der Waals surface area contributed by atoms with Gasteiger partial charge in [0.2, 0.25) is 0 Å². The second-order valence-corrected chi connectivity index (χ2v) is 9.49. The van der Waals surface area contributed by atoms with Gasteiger partial charge in [-0.15, -0.1) is 0 Å². The van der Waals surface area contributed by atoms with E-state index >= 15 is 0 Å². The van der Waals surface area contributed by atoms with Gasteiger partial charge in [0.15, 0.2) is 0 Å². The van der Waals surface area contributed by atoms with Gasteiger partial charge in [0, 0.05) is 30.2 Å². The van der Waals surface area contributed by atoms with Gasteiger partial charge in [-0.3, -0.25) is 14.3 Å². The summed E-state index contributed by atoms with van der Waals surface area (Å²) in [7, 11) is 1.67. The molecule has 4 rings (SSSR count). The van der Waals surface area contributed by atoms with Crippen molar-refractivity contribution in [1.82, 2.24) is 9.78 Å². The van der Waals surface area contributed by atoms with E-state index in [4.69, 9.17) is 10.5 Å². The normalized spacial score (nSPS) is 16.9. The van der Waals surface area contributed by atoms with Crippen molar-refractivity contribution in [2.24, 2.45) is 12.8 Å². The van der Waals surface area contributed by atoms with Crippen molar-refractivity contribution in [3.8, 4) is 17.0 Å². The summed E-state index contributed by atoms with van der Waals surface area (Å²) < 4.78 is 7.58. The van der Waals surface area contributed by atoms with E-state index in [0.29, 0.717) is 39.4 Å². The molecule has 0 radical (unpaired) electrons. The molecule has 1 amide bonds. The lowest BCUT2D eigenvalue weighted by Crippen LogP contribution is -2.38. The molecule has 1 aromatic heterocycles. The quantitative estimate of drug-likeness (QED) is 0.410. The first-order valence-corrected chi connectivity index (χ1v) is 12.0. The number of rotatable bonds is 8. The van der Waals surface area contributed by atoms with Crippen molar-refractivity contribution in [3.05, 3.63) is 93.7 Å². The number of nitrogens with two attached hydrogens (primary N) is 1. The van der Waals surface area contributed by atoms with Gasteiger partial charge in [0.05, 0.1) is 5.69 Å². The van der Waals surface area contributed by atoms with Crippen LogP contribution in [0.5, 0.6) is 5.75 Å². The lowest BCUT2D eigenvalue weighted by molar-refractivity contribution is -0.142. The van der Waals surface area contributed by atoms with Gasteiger partial charge in [-0.05, 0) is 61.2 Å². The Morgan fingerprint density at radius 1 is 1.11 bits per heavy atom. The Hall–Kier alpha value is -4.66. The number of amides is 1. The first-order valence-electron chi connectivity index (χ1n) is 12.0. The summed E-state index contributed by atoms with van der Waals surface area (Å²) in [6.07, 6.45) is 2.96. The number of carbonyl (C=O) groups excluding carboxylic acids is 1. The summed E-state index contributed by atoms with van der Waals surface area (Å²) >= 11 is 0. The molecule has 1 atom stereocenters. The molecule has 0 bridgehead atoms. The van der Waals surface area contributed by atoms with Crippen LogP contribution in [0.4, 0.5) is 0 Å². The standard InChI is InChI=1S/C29H29N3O6/c1-16-11-12-29(28(36)37,14-21(16)27(34)35)22-8-6-5-7-20(22)15-38-23-10-9-19(13-17(23)2)24-18(3)25(26(30)33)32(4)31-24/h5-13H,14-15H2,1-4H3,(H2,30,33)(H,34,35)(H,36,37). The number of ether oxygens (including phenoxy) is 1. The zero-order valence-corrected chi connectivity index (χ0v) is 21.6. The minimum atomic E-state index is -1.53. The highest BCUT2D eigenvalue weighted by molar-refractivity contribution is 5.95. The molecule has 1 heterocycles. The molecular formula is C29H29N3O6. The largest absolute Gasteiger partial charge is 0.489 e. The Balaban J connectivity index is 1.63. The third-order valence-corrected chi connectivity index (χ3v) is 7.04. The molecule has 9 heteroatoms. The number of aliphatic carboxylic acids is 2. The van der Waals surface area contributed by atoms with Gasteiger partial charge in [0.1, 0.15) is 23.5 Å². The highest BCUT2D eigenvalue weighted by Crippen LogP contribution is 2.40. The lowest BCUT2D eigenvalue weighted by atomic mass is 9.70. The molecule has 0 fully saturated rings. The lowest BCUT2D eigenvalue weighted by Gasteiger charge is -2.32. The predicted molar refractivity (Wildman–Crippen MR) is 141 cm³/mol. The maximum absolute atomic E-state index is 12.6. The average Bonchev–Trinajstić information content (AvgIpc) is 3.17. The minimum Gasteiger partial charge on any atom is -0.489 e. The van der Waals surface area contributed by atoms with E-state index < -0.39 is 23.3 Å². The number of aryl methyl sites for hydroxylation is 2. The zero-order valence-electron chi connectivity index (χ0n) is 21.6. The number of allylic oxidation sites excluding steroid dienone is 2. The Kier molecular flexibility index (Phi) is 6.95. The van der Waals surface area contributed by atoms with E-state index in [1.165, 1.54) is 4.68 Å². The van der Waals surface area contributed by atoms with Gasteiger partial charge >= 0.3 is 11.9 Å². The van der Waals surface area contributed by atoms with Crippen molar-refractivity contribution in [2.75, 3.05) is 0 Å². The fourth-order valence-electron chi connectivity index (χ4n) is 4.98. The van der Waals surface area contributed by atoms with Crippen LogP contribution in [-0.4, -0.2) is 37.8 Å². The van der Waals surface area contributed by atoms with Gasteiger partial charge in [-0.1, -0.05) is 36.4 Å². The third kappa shape index (κ3) is 4.58. The van der Waals surface area contributed by atoms with Crippen LogP contribution in [-0.2, 0) is 28.7 Å². The smallest absolute Gasteiger partial charge is 0.331 e. The van der Waals surface area contributed by atoms with Gasteiger partial charge < -0.3 is 20.7 Å². The van der Waals surface area contributed by atoms with Crippen LogP contribution in [0.3, 0.4) is 0 Å². The van der Waals surface area contributed by atoms with Gasteiger partial charge in [-0.2, -0.15) is 5.10 Å². The molecular weight excluding hydrogens is 486 g/mol. The molecule has 38 heavy (non-hydrogen) atoms. The molecule has 1 unspecified atom stereocenters. The average molecular weight is 516 g/mol. The number of hydrogen-bond donors (Lipinski definition) is 3. The Bertz CT molecular complexity index is 1530.